The van der Waals surface area contributed by atoms with E-state index in [4.69, 9.17) is 0 Å². The molecule has 0 heterocycles. The third-order valence-corrected chi connectivity index (χ3v) is 3.44. The molecule has 0 radical (unpaired) electrons. The Morgan fingerprint density at radius 1 is 1.19 bits per heavy atom. The Labute approximate surface area is 95.7 Å². The summed E-state index contributed by atoms with van der Waals surface area (Å²) in [4.78, 5) is 22.9. The van der Waals surface area contributed by atoms with Crippen molar-refractivity contribution in [2.75, 3.05) is 0 Å². The van der Waals surface area contributed by atoms with E-state index in [-0.39, 0.29) is 29.8 Å². The van der Waals surface area contributed by atoms with Crippen molar-refractivity contribution in [3.63, 3.8) is 0 Å². The maximum atomic E-state index is 11.6. The van der Waals surface area contributed by atoms with Gasteiger partial charge in [-0.25, -0.2) is 0 Å². The third-order valence-electron chi connectivity index (χ3n) is 3.44. The highest BCUT2D eigenvalue weighted by molar-refractivity contribution is 6.07. The van der Waals surface area contributed by atoms with Gasteiger partial charge < -0.3 is 0 Å². The van der Waals surface area contributed by atoms with Gasteiger partial charge in [-0.3, -0.25) is 9.59 Å². The Hall–Kier alpha value is -1.44. The van der Waals surface area contributed by atoms with Crippen LogP contribution in [0.15, 0.2) is 24.3 Å². The number of ketones is 2. The van der Waals surface area contributed by atoms with E-state index in [0.717, 1.165) is 5.56 Å². The molecule has 0 aliphatic heterocycles. The van der Waals surface area contributed by atoms with Crippen molar-refractivity contribution in [3.8, 4) is 0 Å². The lowest BCUT2D eigenvalue weighted by Crippen LogP contribution is -2.14. The largest absolute Gasteiger partial charge is 0.299 e. The first-order valence-electron chi connectivity index (χ1n) is 5.69. The number of benzene rings is 1. The van der Waals surface area contributed by atoms with E-state index >= 15 is 0 Å². The fourth-order valence-corrected chi connectivity index (χ4v) is 2.31. The van der Waals surface area contributed by atoms with Gasteiger partial charge >= 0.3 is 0 Å². The standard InChI is InChI=1S/C14H16O2/c1-9-3-5-11(6-4-9)10(2)13-7-12(15)8-14(13)16/h3-6,10,13H,7-8H2,1-2H3. The average Bonchev–Trinajstić information content (AvgIpc) is 2.58. The second kappa shape index (κ2) is 4.20. The minimum absolute atomic E-state index is 0.0916. The summed E-state index contributed by atoms with van der Waals surface area (Å²) in [5.74, 6) is 0.252. The molecule has 1 aliphatic carbocycles. The molecule has 1 saturated carbocycles. The molecule has 0 bridgehead atoms. The van der Waals surface area contributed by atoms with E-state index in [1.165, 1.54) is 5.56 Å². The van der Waals surface area contributed by atoms with E-state index < -0.39 is 0 Å². The van der Waals surface area contributed by atoms with Crippen LogP contribution in [-0.4, -0.2) is 11.6 Å². The second-order valence-corrected chi connectivity index (χ2v) is 4.69. The van der Waals surface area contributed by atoms with Crippen LogP contribution in [0.25, 0.3) is 0 Å². The van der Waals surface area contributed by atoms with Gasteiger partial charge in [0.25, 0.3) is 0 Å². The summed E-state index contributed by atoms with van der Waals surface area (Å²) in [5.41, 5.74) is 2.36. The van der Waals surface area contributed by atoms with Crippen molar-refractivity contribution in [2.24, 2.45) is 5.92 Å². The minimum atomic E-state index is -0.102. The van der Waals surface area contributed by atoms with Crippen LogP contribution in [0.4, 0.5) is 0 Å². The molecule has 2 nitrogen and oxygen atoms in total. The van der Waals surface area contributed by atoms with Crippen LogP contribution in [0, 0.1) is 12.8 Å². The number of aryl methyl sites for hydroxylation is 1. The zero-order valence-electron chi connectivity index (χ0n) is 9.69. The molecule has 2 atom stereocenters. The zero-order valence-corrected chi connectivity index (χ0v) is 9.69. The van der Waals surface area contributed by atoms with Crippen molar-refractivity contribution in [1.29, 1.82) is 0 Å². The number of hydrogen-bond donors (Lipinski definition) is 0. The number of carbonyl (C=O) groups is 2. The van der Waals surface area contributed by atoms with Crippen LogP contribution < -0.4 is 0 Å². The van der Waals surface area contributed by atoms with Gasteiger partial charge in [-0.15, -0.1) is 0 Å². The molecule has 0 saturated heterocycles. The molecule has 16 heavy (non-hydrogen) atoms. The van der Waals surface area contributed by atoms with Gasteiger partial charge in [-0.2, -0.15) is 0 Å². The first-order chi connectivity index (χ1) is 7.58. The third kappa shape index (κ3) is 2.06. The summed E-state index contributed by atoms with van der Waals surface area (Å²) >= 11 is 0. The van der Waals surface area contributed by atoms with Gasteiger partial charge in [-0.05, 0) is 18.4 Å². The predicted octanol–water partition coefficient (Wildman–Crippen LogP) is 2.65. The van der Waals surface area contributed by atoms with Gasteiger partial charge in [0.15, 0.2) is 0 Å². The topological polar surface area (TPSA) is 34.1 Å². The first-order valence-corrected chi connectivity index (χ1v) is 5.69. The molecule has 1 aromatic carbocycles. The fourth-order valence-electron chi connectivity index (χ4n) is 2.31. The molecule has 84 valence electrons. The van der Waals surface area contributed by atoms with Crippen LogP contribution in [0.2, 0.25) is 0 Å². The maximum Gasteiger partial charge on any atom is 0.144 e. The van der Waals surface area contributed by atoms with E-state index in [2.05, 4.69) is 12.1 Å². The SMILES string of the molecule is Cc1ccc(C(C)C2CC(=O)CC2=O)cc1. The lowest BCUT2D eigenvalue weighted by molar-refractivity contribution is -0.122. The lowest BCUT2D eigenvalue weighted by Gasteiger charge is -2.17. The second-order valence-electron chi connectivity index (χ2n) is 4.69. The molecular formula is C14H16O2. The molecule has 0 spiro atoms. The molecule has 1 fully saturated rings. The number of hydrogen-bond acceptors (Lipinski definition) is 2. The van der Waals surface area contributed by atoms with Gasteiger partial charge in [0.1, 0.15) is 11.6 Å². The Balaban J connectivity index is 2.19. The number of carbonyl (C=O) groups excluding carboxylic acids is 2. The smallest absolute Gasteiger partial charge is 0.144 e. The van der Waals surface area contributed by atoms with Crippen molar-refractivity contribution >= 4 is 11.6 Å². The molecule has 1 aliphatic rings. The predicted molar refractivity (Wildman–Crippen MR) is 62.3 cm³/mol. The summed E-state index contributed by atoms with van der Waals surface area (Å²) in [6.07, 6.45) is 0.564. The van der Waals surface area contributed by atoms with Gasteiger partial charge in [0.05, 0.1) is 6.42 Å². The maximum absolute atomic E-state index is 11.6. The highest BCUT2D eigenvalue weighted by atomic mass is 16.2. The summed E-state index contributed by atoms with van der Waals surface area (Å²) in [7, 11) is 0. The lowest BCUT2D eigenvalue weighted by atomic mass is 9.85. The van der Waals surface area contributed by atoms with E-state index in [1.54, 1.807) is 0 Å². The van der Waals surface area contributed by atoms with Crippen LogP contribution in [0.3, 0.4) is 0 Å². The summed E-state index contributed by atoms with van der Waals surface area (Å²) in [6, 6.07) is 8.20. The Morgan fingerprint density at radius 2 is 1.81 bits per heavy atom. The van der Waals surface area contributed by atoms with Crippen LogP contribution in [-0.2, 0) is 9.59 Å². The fraction of sp³-hybridized carbons (Fsp3) is 0.429. The molecular weight excluding hydrogens is 200 g/mol. The normalized spacial score (nSPS) is 22.5. The van der Waals surface area contributed by atoms with E-state index in [9.17, 15) is 9.59 Å². The van der Waals surface area contributed by atoms with Crippen molar-refractivity contribution in [3.05, 3.63) is 35.4 Å². The molecule has 1 aromatic rings. The quantitative estimate of drug-likeness (QED) is 0.712. The van der Waals surface area contributed by atoms with Crippen molar-refractivity contribution in [2.45, 2.75) is 32.6 Å². The monoisotopic (exact) mass is 216 g/mol. The van der Waals surface area contributed by atoms with Gasteiger partial charge in [0, 0.05) is 12.3 Å². The highest BCUT2D eigenvalue weighted by Gasteiger charge is 2.35. The Morgan fingerprint density at radius 3 is 2.31 bits per heavy atom. The molecule has 0 N–H and O–H groups in total. The molecule has 2 heteroatoms. The van der Waals surface area contributed by atoms with E-state index in [1.807, 2.05) is 26.0 Å². The first kappa shape index (κ1) is 11.1. The summed E-state index contributed by atoms with van der Waals surface area (Å²) in [6.45, 7) is 4.07. The van der Waals surface area contributed by atoms with Crippen LogP contribution in [0.5, 0.6) is 0 Å². The minimum Gasteiger partial charge on any atom is -0.299 e. The van der Waals surface area contributed by atoms with Crippen molar-refractivity contribution < 1.29 is 9.59 Å². The molecule has 0 aromatic heterocycles. The van der Waals surface area contributed by atoms with E-state index in [0.29, 0.717) is 6.42 Å². The Kier molecular flexibility index (Phi) is 2.90. The average molecular weight is 216 g/mol. The zero-order chi connectivity index (χ0) is 11.7. The summed E-state index contributed by atoms with van der Waals surface area (Å²) < 4.78 is 0. The van der Waals surface area contributed by atoms with Crippen LogP contribution >= 0.6 is 0 Å². The number of rotatable bonds is 2. The van der Waals surface area contributed by atoms with Gasteiger partial charge in [-0.1, -0.05) is 36.8 Å². The summed E-state index contributed by atoms with van der Waals surface area (Å²) in [5, 5.41) is 0. The Bertz CT molecular complexity index is 417. The molecule has 2 unspecified atom stereocenters. The highest BCUT2D eigenvalue weighted by Crippen LogP contribution is 2.33. The number of Topliss-reactive ketones (excluding diaryl/α,β-unsaturated/α-hetero) is 2. The van der Waals surface area contributed by atoms with Crippen LogP contribution in [0.1, 0.15) is 36.8 Å². The van der Waals surface area contributed by atoms with Crippen molar-refractivity contribution in [1.82, 2.24) is 0 Å². The molecule has 2 rings (SSSR count). The molecule has 0 amide bonds. The van der Waals surface area contributed by atoms with Gasteiger partial charge in [0.2, 0.25) is 0 Å².